The van der Waals surface area contributed by atoms with Crippen LogP contribution < -0.4 is 10.1 Å². The van der Waals surface area contributed by atoms with E-state index in [1.54, 1.807) is 24.9 Å². The molecule has 0 fully saturated rings. The van der Waals surface area contributed by atoms with Gasteiger partial charge in [-0.25, -0.2) is 9.67 Å². The minimum absolute atomic E-state index is 0.220. The number of anilines is 1. The summed E-state index contributed by atoms with van der Waals surface area (Å²) in [4.78, 5) is 17.5. The molecule has 0 aliphatic heterocycles. The van der Waals surface area contributed by atoms with Crippen molar-refractivity contribution in [3.63, 3.8) is 0 Å². The maximum absolute atomic E-state index is 12.5. The van der Waals surface area contributed by atoms with Crippen molar-refractivity contribution < 1.29 is 9.53 Å². The van der Waals surface area contributed by atoms with Crippen LogP contribution >= 0.6 is 11.3 Å². The second kappa shape index (κ2) is 6.21. The predicted octanol–water partition coefficient (Wildman–Crippen LogP) is 3.11. The Morgan fingerprint density at radius 1 is 1.30 bits per heavy atom. The summed E-state index contributed by atoms with van der Waals surface area (Å²) in [6, 6.07) is 11.5. The van der Waals surface area contributed by atoms with E-state index in [2.05, 4.69) is 15.4 Å². The van der Waals surface area contributed by atoms with Gasteiger partial charge >= 0.3 is 0 Å². The summed E-state index contributed by atoms with van der Waals surface area (Å²) in [5, 5.41) is 7.79. The van der Waals surface area contributed by atoms with E-state index in [4.69, 9.17) is 4.74 Å². The van der Waals surface area contributed by atoms with Gasteiger partial charge in [-0.05, 0) is 6.92 Å². The first-order valence-corrected chi connectivity index (χ1v) is 7.82. The van der Waals surface area contributed by atoms with Gasteiger partial charge in [0.25, 0.3) is 5.91 Å². The Labute approximate surface area is 137 Å². The van der Waals surface area contributed by atoms with Crippen LogP contribution in [0.25, 0.3) is 10.6 Å². The predicted molar refractivity (Wildman–Crippen MR) is 90.0 cm³/mol. The van der Waals surface area contributed by atoms with E-state index in [1.807, 2.05) is 37.3 Å². The molecule has 0 aliphatic carbocycles. The average molecular weight is 328 g/mol. The van der Waals surface area contributed by atoms with Crippen LogP contribution in [0.4, 0.5) is 5.82 Å². The number of hydrogen-bond acceptors (Lipinski definition) is 5. The maximum Gasteiger partial charge on any atom is 0.268 e. The topological polar surface area (TPSA) is 69.0 Å². The fourth-order valence-electron chi connectivity index (χ4n) is 2.19. The fraction of sp³-hybridized carbons (Fsp3) is 0.188. The zero-order valence-electron chi connectivity index (χ0n) is 13.0. The van der Waals surface area contributed by atoms with Gasteiger partial charge in [-0.3, -0.25) is 4.79 Å². The lowest BCUT2D eigenvalue weighted by Crippen LogP contribution is -2.12. The quantitative estimate of drug-likeness (QED) is 0.799. The Morgan fingerprint density at radius 2 is 2.04 bits per heavy atom. The highest BCUT2D eigenvalue weighted by Crippen LogP contribution is 2.28. The summed E-state index contributed by atoms with van der Waals surface area (Å²) in [6.45, 7) is 1.83. The molecule has 6 nitrogen and oxygen atoms in total. The number of nitrogens with zero attached hydrogens (tertiary/aromatic N) is 3. The molecule has 1 N–H and O–H groups in total. The molecule has 1 aromatic carbocycles. The number of benzene rings is 1. The molecule has 0 saturated heterocycles. The van der Waals surface area contributed by atoms with Gasteiger partial charge in [-0.2, -0.15) is 5.10 Å². The lowest BCUT2D eigenvalue weighted by molar-refractivity contribution is 0.102. The van der Waals surface area contributed by atoms with E-state index >= 15 is 0 Å². The Hall–Kier alpha value is -2.67. The molecule has 23 heavy (non-hydrogen) atoms. The molecule has 0 atom stereocenters. The third-order valence-corrected chi connectivity index (χ3v) is 4.52. The lowest BCUT2D eigenvalue weighted by Gasteiger charge is -1.99. The zero-order valence-corrected chi connectivity index (χ0v) is 13.8. The average Bonchev–Trinajstić information content (AvgIpc) is 3.11. The highest BCUT2D eigenvalue weighted by Gasteiger charge is 2.17. The Balaban J connectivity index is 1.84. The van der Waals surface area contributed by atoms with Crippen molar-refractivity contribution in [2.45, 2.75) is 6.92 Å². The zero-order chi connectivity index (χ0) is 16.4. The van der Waals surface area contributed by atoms with E-state index in [-0.39, 0.29) is 5.91 Å². The van der Waals surface area contributed by atoms with Crippen molar-refractivity contribution >= 4 is 23.1 Å². The van der Waals surface area contributed by atoms with Crippen LogP contribution in [0.2, 0.25) is 0 Å². The second-order valence-electron chi connectivity index (χ2n) is 4.95. The van der Waals surface area contributed by atoms with Gasteiger partial charge in [0, 0.05) is 18.7 Å². The van der Waals surface area contributed by atoms with Crippen molar-refractivity contribution in [1.82, 2.24) is 14.8 Å². The number of amides is 1. The minimum Gasteiger partial charge on any atom is -0.481 e. The minimum atomic E-state index is -0.220. The Bertz CT molecular complexity index is 839. The summed E-state index contributed by atoms with van der Waals surface area (Å²) in [5.41, 5.74) is 1.70. The van der Waals surface area contributed by atoms with Crippen LogP contribution in [0.1, 0.15) is 15.4 Å². The molecule has 1 amide bonds. The van der Waals surface area contributed by atoms with Gasteiger partial charge in [-0.15, -0.1) is 11.3 Å². The highest BCUT2D eigenvalue weighted by atomic mass is 32.1. The lowest BCUT2D eigenvalue weighted by atomic mass is 10.2. The molecule has 3 aromatic rings. The third kappa shape index (κ3) is 3.09. The Kier molecular flexibility index (Phi) is 4.12. The van der Waals surface area contributed by atoms with Crippen LogP contribution in [-0.2, 0) is 7.05 Å². The molecule has 0 bridgehead atoms. The van der Waals surface area contributed by atoms with E-state index in [1.165, 1.54) is 11.3 Å². The standard InChI is InChI=1S/C16H16N4O2S/c1-10-14(23-16(17-10)11-7-5-4-6-8-11)15(21)18-12-9-13(22-3)20(2)19-12/h4-9H,1-3H3,(H,18,19,21). The molecular formula is C16H16N4O2S. The molecular weight excluding hydrogens is 312 g/mol. The smallest absolute Gasteiger partial charge is 0.268 e. The molecule has 0 radical (unpaired) electrons. The van der Waals surface area contributed by atoms with Gasteiger partial charge in [0.1, 0.15) is 9.88 Å². The van der Waals surface area contributed by atoms with Gasteiger partial charge in [-0.1, -0.05) is 30.3 Å². The summed E-state index contributed by atoms with van der Waals surface area (Å²) in [5.74, 6) is 0.803. The summed E-state index contributed by atoms with van der Waals surface area (Å²) < 4.78 is 6.70. The van der Waals surface area contributed by atoms with E-state index in [0.29, 0.717) is 22.3 Å². The molecule has 7 heteroatoms. The van der Waals surface area contributed by atoms with E-state index in [0.717, 1.165) is 10.6 Å². The van der Waals surface area contributed by atoms with Gasteiger partial charge in [0.05, 0.1) is 12.8 Å². The van der Waals surface area contributed by atoms with Crippen LogP contribution in [-0.4, -0.2) is 27.8 Å². The monoisotopic (exact) mass is 328 g/mol. The Morgan fingerprint density at radius 3 is 2.70 bits per heavy atom. The number of ether oxygens (including phenoxy) is 1. The number of methoxy groups -OCH3 is 1. The van der Waals surface area contributed by atoms with Crippen LogP contribution in [0, 0.1) is 6.92 Å². The first-order valence-electron chi connectivity index (χ1n) is 7.00. The summed E-state index contributed by atoms with van der Waals surface area (Å²) in [6.07, 6.45) is 0. The number of carbonyl (C=O) groups is 1. The molecule has 2 heterocycles. The highest BCUT2D eigenvalue weighted by molar-refractivity contribution is 7.17. The molecule has 0 aliphatic rings. The van der Waals surface area contributed by atoms with Crippen molar-refractivity contribution in [2.24, 2.45) is 7.05 Å². The molecule has 0 saturated carbocycles. The van der Waals surface area contributed by atoms with Crippen molar-refractivity contribution in [3.05, 3.63) is 47.0 Å². The number of nitrogens with one attached hydrogen (secondary N) is 1. The van der Waals surface area contributed by atoms with Crippen LogP contribution in [0.3, 0.4) is 0 Å². The number of thiazole rings is 1. The first kappa shape index (κ1) is 15.2. The van der Waals surface area contributed by atoms with Crippen molar-refractivity contribution in [1.29, 1.82) is 0 Å². The number of rotatable bonds is 4. The SMILES string of the molecule is COc1cc(NC(=O)c2sc(-c3ccccc3)nc2C)nn1C. The van der Waals surface area contributed by atoms with E-state index in [9.17, 15) is 4.79 Å². The number of aromatic nitrogens is 3. The number of aryl methyl sites for hydroxylation is 2. The molecule has 3 rings (SSSR count). The largest absolute Gasteiger partial charge is 0.481 e. The van der Waals surface area contributed by atoms with Crippen molar-refractivity contribution in [2.75, 3.05) is 12.4 Å². The second-order valence-corrected chi connectivity index (χ2v) is 5.95. The summed E-state index contributed by atoms with van der Waals surface area (Å²) in [7, 11) is 3.31. The normalized spacial score (nSPS) is 10.6. The van der Waals surface area contributed by atoms with Gasteiger partial charge < -0.3 is 10.1 Å². The van der Waals surface area contributed by atoms with Gasteiger partial charge in [0.15, 0.2) is 5.82 Å². The number of hydrogen-bond donors (Lipinski definition) is 1. The maximum atomic E-state index is 12.5. The van der Waals surface area contributed by atoms with E-state index < -0.39 is 0 Å². The van der Waals surface area contributed by atoms with Gasteiger partial charge in [0.2, 0.25) is 5.88 Å². The van der Waals surface area contributed by atoms with Crippen molar-refractivity contribution in [3.8, 4) is 16.5 Å². The molecule has 0 spiro atoms. The molecule has 118 valence electrons. The first-order chi connectivity index (χ1) is 11.1. The molecule has 2 aromatic heterocycles. The fourth-order valence-corrected chi connectivity index (χ4v) is 3.15. The van der Waals surface area contributed by atoms with Crippen LogP contribution in [0.5, 0.6) is 5.88 Å². The molecule has 0 unspecified atom stereocenters. The van der Waals surface area contributed by atoms with Crippen LogP contribution in [0.15, 0.2) is 36.4 Å². The third-order valence-electron chi connectivity index (χ3n) is 3.31. The number of carbonyl (C=O) groups excluding carboxylic acids is 1. The summed E-state index contributed by atoms with van der Waals surface area (Å²) >= 11 is 1.37.